The zero-order valence-corrected chi connectivity index (χ0v) is 25.1. The van der Waals surface area contributed by atoms with Crippen LogP contribution in [0.4, 0.5) is 8.78 Å². The van der Waals surface area contributed by atoms with Crippen LogP contribution in [0.2, 0.25) is 0 Å². The fourth-order valence-electron chi connectivity index (χ4n) is 4.54. The maximum Gasteiger partial charge on any atom is 0.178 e. The van der Waals surface area contributed by atoms with E-state index in [1.54, 1.807) is 48.7 Å². The zero-order chi connectivity index (χ0) is 33.1. The molecule has 5 rings (SSSR count). The van der Waals surface area contributed by atoms with Crippen molar-refractivity contribution in [3.8, 4) is 11.5 Å². The first-order valence-electron chi connectivity index (χ1n) is 14.4. The van der Waals surface area contributed by atoms with Crippen molar-refractivity contribution in [1.82, 2.24) is 29.8 Å². The molecule has 0 saturated heterocycles. The van der Waals surface area contributed by atoms with Gasteiger partial charge in [0.1, 0.15) is 60.3 Å². The van der Waals surface area contributed by atoms with Gasteiger partial charge in [-0.1, -0.05) is 54.3 Å². The number of rotatable bonds is 15. The Kier molecular flexibility index (Phi) is 10.6. The Balaban J connectivity index is 1.14. The number of aliphatic hydroxyl groups is 1. The molecule has 5 aromatic rings. The second-order valence-electron chi connectivity index (χ2n) is 10.4. The highest BCUT2D eigenvalue weighted by Crippen LogP contribution is 2.28. The van der Waals surface area contributed by atoms with Crippen LogP contribution in [0.1, 0.15) is 22.4 Å². The number of hydrogen-bond donors (Lipinski definition) is 1. The number of carbonyl (C=O) groups is 1. The Morgan fingerprint density at radius 1 is 0.936 bits per heavy atom. The van der Waals surface area contributed by atoms with Crippen molar-refractivity contribution >= 4 is 17.9 Å². The molecular formula is C35H30F2N6O4. The lowest BCUT2D eigenvalue weighted by Gasteiger charge is -2.28. The summed E-state index contributed by atoms with van der Waals surface area (Å²) in [5.41, 5.74) is 2.81. The lowest BCUT2D eigenvalue weighted by Crippen LogP contribution is -2.37. The minimum absolute atomic E-state index is 0.0733. The van der Waals surface area contributed by atoms with Crippen molar-refractivity contribution in [2.45, 2.75) is 25.3 Å². The summed E-state index contributed by atoms with van der Waals surface area (Å²) in [6.45, 7) is 3.59. The molecule has 3 aromatic carbocycles. The first kappa shape index (κ1) is 32.4. The number of allylic oxidation sites excluding steroid dienone is 2. The van der Waals surface area contributed by atoms with Crippen molar-refractivity contribution in [2.75, 3.05) is 6.61 Å². The summed E-state index contributed by atoms with van der Waals surface area (Å²) in [4.78, 5) is 16.2. The van der Waals surface area contributed by atoms with Gasteiger partial charge < -0.3 is 14.6 Å². The smallest absolute Gasteiger partial charge is 0.178 e. The normalized spacial score (nSPS) is 12.6. The number of halogens is 2. The fraction of sp³-hybridized carbons (Fsp3) is 0.143. The highest BCUT2D eigenvalue weighted by Gasteiger charge is 2.34. The van der Waals surface area contributed by atoms with Crippen LogP contribution in [0.25, 0.3) is 12.2 Å². The standard InChI is InChI=1S/C35H30F2N6O4/c1-2-3-18-46-31-13-6-26(7-14-31)4-11-30(44)12-5-27-8-15-32(16-9-27)47-21-29-20-42(41-40-29)22-35(45,23-43-25-38-24-39-43)33-17-10-28(36)19-34(33)37/h3-17,19-20,24-25,45H,1,18,21-23H2/b11-4+,12-5+. The Labute approximate surface area is 269 Å². The topological polar surface area (TPSA) is 117 Å². The molecule has 0 bridgehead atoms. The average Bonchev–Trinajstić information content (AvgIpc) is 3.75. The third-order valence-corrected chi connectivity index (χ3v) is 6.84. The lowest BCUT2D eigenvalue weighted by molar-refractivity contribution is -0.110. The first-order valence-corrected chi connectivity index (χ1v) is 14.4. The van der Waals surface area contributed by atoms with E-state index in [0.717, 1.165) is 17.2 Å². The van der Waals surface area contributed by atoms with E-state index < -0.39 is 17.2 Å². The highest BCUT2D eigenvalue weighted by molar-refractivity contribution is 6.04. The number of ether oxygens (including phenoxy) is 2. The van der Waals surface area contributed by atoms with Crippen molar-refractivity contribution in [3.63, 3.8) is 0 Å². The van der Waals surface area contributed by atoms with Crippen molar-refractivity contribution in [3.05, 3.63) is 150 Å². The van der Waals surface area contributed by atoms with Gasteiger partial charge in [-0.3, -0.25) is 4.79 Å². The molecule has 0 amide bonds. The van der Waals surface area contributed by atoms with E-state index >= 15 is 0 Å². The van der Waals surface area contributed by atoms with E-state index in [1.807, 2.05) is 24.3 Å². The third kappa shape index (κ3) is 9.27. The molecule has 0 saturated carbocycles. The molecule has 2 aromatic heterocycles. The third-order valence-electron chi connectivity index (χ3n) is 6.84. The van der Waals surface area contributed by atoms with Crippen LogP contribution in [0.15, 0.2) is 116 Å². The minimum atomic E-state index is -1.85. The molecule has 0 aliphatic heterocycles. The first-order chi connectivity index (χ1) is 22.8. The van der Waals surface area contributed by atoms with Crippen LogP contribution in [0, 0.1) is 11.6 Å². The SMILES string of the molecule is C=C=CCOc1ccc(/C=C/C(=O)/C=C/c2ccc(OCc3cn(CC(O)(Cn4cncn4)c4ccc(F)cc4F)nn3)cc2)cc1. The molecule has 10 nitrogen and oxygen atoms in total. The summed E-state index contributed by atoms with van der Waals surface area (Å²) >= 11 is 0. The molecule has 1 unspecified atom stereocenters. The van der Waals surface area contributed by atoms with Gasteiger partial charge in [-0.25, -0.2) is 23.1 Å². The highest BCUT2D eigenvalue weighted by atomic mass is 19.1. The van der Waals surface area contributed by atoms with Gasteiger partial charge in [0.25, 0.3) is 0 Å². The Bertz CT molecular complexity index is 1900. The van der Waals surface area contributed by atoms with Gasteiger partial charge in [0.2, 0.25) is 0 Å². The second kappa shape index (κ2) is 15.3. The molecule has 47 heavy (non-hydrogen) atoms. The predicted molar refractivity (Wildman–Crippen MR) is 170 cm³/mol. The fourth-order valence-corrected chi connectivity index (χ4v) is 4.54. The predicted octanol–water partition coefficient (Wildman–Crippen LogP) is 5.33. The monoisotopic (exact) mass is 636 g/mol. The van der Waals surface area contributed by atoms with Crippen LogP contribution >= 0.6 is 0 Å². The second-order valence-corrected chi connectivity index (χ2v) is 10.4. The molecule has 0 aliphatic carbocycles. The number of benzene rings is 3. The van der Waals surface area contributed by atoms with E-state index in [4.69, 9.17) is 9.47 Å². The molecule has 238 valence electrons. The van der Waals surface area contributed by atoms with E-state index in [2.05, 4.69) is 32.7 Å². The Hall–Kier alpha value is -5.97. The van der Waals surface area contributed by atoms with Crippen LogP contribution < -0.4 is 9.47 Å². The number of hydrogen-bond acceptors (Lipinski definition) is 8. The molecule has 0 spiro atoms. The van der Waals surface area contributed by atoms with E-state index in [0.29, 0.717) is 29.9 Å². The van der Waals surface area contributed by atoms with Gasteiger partial charge in [0, 0.05) is 11.6 Å². The van der Waals surface area contributed by atoms with E-state index in [-0.39, 0.29) is 31.0 Å². The van der Waals surface area contributed by atoms with E-state index in [1.165, 1.54) is 40.2 Å². The van der Waals surface area contributed by atoms with Gasteiger partial charge in [0.05, 0.1) is 19.3 Å². The van der Waals surface area contributed by atoms with E-state index in [9.17, 15) is 18.7 Å². The number of carbonyl (C=O) groups excluding carboxylic acids is 1. The molecule has 0 fully saturated rings. The molecule has 1 N–H and O–H groups in total. The molecule has 0 radical (unpaired) electrons. The summed E-state index contributed by atoms with van der Waals surface area (Å²) in [6.07, 6.45) is 12.3. The summed E-state index contributed by atoms with van der Waals surface area (Å²) < 4.78 is 42.3. The molecule has 2 heterocycles. The quantitative estimate of drug-likeness (QED) is 0.121. The summed E-state index contributed by atoms with van der Waals surface area (Å²) in [7, 11) is 0. The van der Waals surface area contributed by atoms with Crippen molar-refractivity contribution < 1.29 is 28.2 Å². The summed E-state index contributed by atoms with van der Waals surface area (Å²) in [5.74, 6) is -0.557. The molecule has 1 atom stereocenters. The van der Waals surface area contributed by atoms with Crippen LogP contribution in [-0.2, 0) is 30.1 Å². The average molecular weight is 637 g/mol. The van der Waals surface area contributed by atoms with Gasteiger partial charge in [-0.15, -0.1) is 10.8 Å². The maximum absolute atomic E-state index is 14.7. The van der Waals surface area contributed by atoms with Crippen molar-refractivity contribution in [2.24, 2.45) is 0 Å². The summed E-state index contributed by atoms with van der Waals surface area (Å²) in [5, 5.41) is 23.6. The molecule has 0 aliphatic rings. The van der Waals surface area contributed by atoms with Gasteiger partial charge in [-0.2, -0.15) is 5.10 Å². The largest absolute Gasteiger partial charge is 0.489 e. The van der Waals surface area contributed by atoms with Gasteiger partial charge in [-0.05, 0) is 59.7 Å². The molecular weight excluding hydrogens is 606 g/mol. The summed E-state index contributed by atoms with van der Waals surface area (Å²) in [6, 6.07) is 17.5. The van der Waals surface area contributed by atoms with Gasteiger partial charge >= 0.3 is 0 Å². The zero-order valence-electron chi connectivity index (χ0n) is 25.1. The van der Waals surface area contributed by atoms with Crippen LogP contribution in [0.5, 0.6) is 11.5 Å². The number of ketones is 1. The van der Waals surface area contributed by atoms with Gasteiger partial charge in [0.15, 0.2) is 5.78 Å². The lowest BCUT2D eigenvalue weighted by atomic mass is 9.93. The minimum Gasteiger partial charge on any atom is -0.489 e. The van der Waals surface area contributed by atoms with Crippen LogP contribution in [0.3, 0.4) is 0 Å². The number of nitrogens with zero attached hydrogens (tertiary/aromatic N) is 6. The maximum atomic E-state index is 14.7. The Morgan fingerprint density at radius 2 is 1.60 bits per heavy atom. The van der Waals surface area contributed by atoms with Crippen molar-refractivity contribution in [1.29, 1.82) is 0 Å². The van der Waals surface area contributed by atoms with Crippen LogP contribution in [-0.4, -0.2) is 47.3 Å². The number of aromatic nitrogens is 6. The molecule has 12 heteroatoms. The Morgan fingerprint density at radius 3 is 2.21 bits per heavy atom.